The van der Waals surface area contributed by atoms with Gasteiger partial charge in [-0.15, -0.1) is 0 Å². The summed E-state index contributed by atoms with van der Waals surface area (Å²) in [6.07, 6.45) is -2.04. The number of rotatable bonds is 2. The van der Waals surface area contributed by atoms with Crippen molar-refractivity contribution < 1.29 is 18.0 Å². The minimum absolute atomic E-state index is 0.302. The fraction of sp³-hybridized carbons (Fsp3) is 0.267. The molecule has 0 spiro atoms. The molecule has 5 heteroatoms. The van der Waals surface area contributed by atoms with Gasteiger partial charge in [0.15, 0.2) is 0 Å². The maximum atomic E-state index is 12.6. The average Bonchev–Trinajstić information content (AvgIpc) is 2.38. The summed E-state index contributed by atoms with van der Waals surface area (Å²) >= 11 is 0. The Bertz CT molecular complexity index is 582. The van der Waals surface area contributed by atoms with E-state index in [1.165, 1.54) is 13.0 Å². The number of nitrogens with zero attached hydrogens (tertiary/aromatic N) is 1. The summed E-state index contributed by atoms with van der Waals surface area (Å²) in [5.74, 6) is -1.80. The van der Waals surface area contributed by atoms with E-state index in [1.54, 1.807) is 11.0 Å². The third-order valence-corrected chi connectivity index (χ3v) is 3.21. The Morgan fingerprint density at radius 3 is 2.30 bits per heavy atom. The van der Waals surface area contributed by atoms with E-state index in [0.717, 1.165) is 11.3 Å². The molecule has 0 saturated carbocycles. The molecule has 106 valence electrons. The van der Waals surface area contributed by atoms with E-state index < -0.39 is 12.0 Å². The lowest BCUT2D eigenvalue weighted by molar-refractivity contribution is -0.166. The van der Waals surface area contributed by atoms with Crippen molar-refractivity contribution in [2.75, 3.05) is 11.4 Å². The number of carbonyl (C=O) groups is 1. The number of benzene rings is 1. The van der Waals surface area contributed by atoms with E-state index in [0.29, 0.717) is 12.2 Å². The number of allylic oxidation sites excluding steroid dienone is 3. The largest absolute Gasteiger partial charge is 0.454 e. The highest BCUT2D eigenvalue weighted by molar-refractivity contribution is 6.03. The molecule has 0 fully saturated rings. The van der Waals surface area contributed by atoms with Gasteiger partial charge in [0.2, 0.25) is 0 Å². The molecule has 1 aromatic carbocycles. The van der Waals surface area contributed by atoms with Crippen LogP contribution in [0, 0.1) is 6.92 Å². The van der Waals surface area contributed by atoms with Gasteiger partial charge >= 0.3 is 6.18 Å². The Balaban J connectivity index is 2.39. The molecule has 1 heterocycles. The van der Waals surface area contributed by atoms with E-state index in [9.17, 15) is 18.0 Å². The van der Waals surface area contributed by atoms with Gasteiger partial charge in [-0.2, -0.15) is 13.2 Å². The second-order valence-corrected chi connectivity index (χ2v) is 4.67. The Kier molecular flexibility index (Phi) is 3.70. The van der Waals surface area contributed by atoms with Gasteiger partial charge < -0.3 is 4.90 Å². The highest BCUT2D eigenvalue weighted by Crippen LogP contribution is 2.29. The second kappa shape index (κ2) is 5.15. The number of carbonyl (C=O) groups excluding carboxylic acids is 1. The van der Waals surface area contributed by atoms with Crippen molar-refractivity contribution in [2.24, 2.45) is 0 Å². The van der Waals surface area contributed by atoms with Gasteiger partial charge in [-0.25, -0.2) is 0 Å². The molecule has 0 atom stereocenters. The third-order valence-electron chi connectivity index (χ3n) is 3.21. The Hall–Kier alpha value is -2.04. The van der Waals surface area contributed by atoms with Gasteiger partial charge in [0.25, 0.3) is 5.78 Å². The first kappa shape index (κ1) is 14.4. The lowest BCUT2D eigenvalue weighted by atomic mass is 10.0. The summed E-state index contributed by atoms with van der Waals surface area (Å²) in [5, 5.41) is 0. The minimum atomic E-state index is -4.85. The number of alkyl halides is 3. The van der Waals surface area contributed by atoms with Gasteiger partial charge in [-0.1, -0.05) is 29.8 Å². The minimum Gasteiger partial charge on any atom is -0.341 e. The Labute approximate surface area is 115 Å². The number of Topliss-reactive ketones (excluding diaryl/α,β-unsaturated/α-hetero) is 1. The molecule has 0 aliphatic carbocycles. The quantitative estimate of drug-likeness (QED) is 0.822. The average molecular weight is 281 g/mol. The highest BCUT2D eigenvalue weighted by Gasteiger charge is 2.41. The van der Waals surface area contributed by atoms with Gasteiger partial charge in [0, 0.05) is 23.5 Å². The molecule has 1 aromatic rings. The van der Waals surface area contributed by atoms with E-state index in [4.69, 9.17) is 0 Å². The van der Waals surface area contributed by atoms with E-state index in [-0.39, 0.29) is 5.57 Å². The molecular weight excluding hydrogens is 267 g/mol. The van der Waals surface area contributed by atoms with Gasteiger partial charge in [0.05, 0.1) is 0 Å². The van der Waals surface area contributed by atoms with Crippen LogP contribution < -0.4 is 4.90 Å². The molecule has 1 aliphatic heterocycles. The van der Waals surface area contributed by atoms with Crippen molar-refractivity contribution in [1.29, 1.82) is 0 Å². The molecule has 0 saturated heterocycles. The number of ketones is 1. The molecule has 0 unspecified atom stereocenters. The molecule has 2 rings (SSSR count). The second-order valence-electron chi connectivity index (χ2n) is 4.67. The van der Waals surface area contributed by atoms with Crippen molar-refractivity contribution in [1.82, 2.24) is 0 Å². The van der Waals surface area contributed by atoms with Crippen molar-refractivity contribution in [3.05, 3.63) is 53.3 Å². The Morgan fingerprint density at radius 2 is 1.75 bits per heavy atom. The first-order valence-corrected chi connectivity index (χ1v) is 6.14. The summed E-state index contributed by atoms with van der Waals surface area (Å²) in [5.41, 5.74) is 1.85. The van der Waals surface area contributed by atoms with Crippen molar-refractivity contribution in [3.63, 3.8) is 0 Å². The van der Waals surface area contributed by atoms with Crippen LogP contribution in [-0.4, -0.2) is 18.5 Å². The van der Waals surface area contributed by atoms with E-state index in [2.05, 4.69) is 0 Å². The van der Waals surface area contributed by atoms with Crippen molar-refractivity contribution >= 4 is 11.5 Å². The van der Waals surface area contributed by atoms with Crippen LogP contribution in [0.2, 0.25) is 0 Å². The number of halogens is 3. The molecule has 0 aromatic heterocycles. The lowest BCUT2D eigenvalue weighted by Gasteiger charge is -2.29. The number of hydrogen-bond acceptors (Lipinski definition) is 2. The standard InChI is InChI=1S/C15H14F3NO/c1-10-5-7-12(8-6-10)19-9-3-4-13(11(19)2)14(20)15(16,17)18/h3-8H,9H2,1-2H3. The van der Waals surface area contributed by atoms with Crippen molar-refractivity contribution in [2.45, 2.75) is 20.0 Å². The monoisotopic (exact) mass is 281 g/mol. The predicted octanol–water partition coefficient (Wildman–Crippen LogP) is 3.78. The van der Waals surface area contributed by atoms with Crippen LogP contribution in [0.25, 0.3) is 0 Å². The lowest BCUT2D eigenvalue weighted by Crippen LogP contribution is -2.31. The fourth-order valence-corrected chi connectivity index (χ4v) is 2.10. The molecule has 2 nitrogen and oxygen atoms in total. The maximum absolute atomic E-state index is 12.6. The maximum Gasteiger partial charge on any atom is 0.454 e. The van der Waals surface area contributed by atoms with Crippen LogP contribution >= 0.6 is 0 Å². The molecule has 1 aliphatic rings. The van der Waals surface area contributed by atoms with Crippen LogP contribution in [0.3, 0.4) is 0 Å². The van der Waals surface area contributed by atoms with E-state index in [1.807, 2.05) is 31.2 Å². The van der Waals surface area contributed by atoms with Crippen LogP contribution in [-0.2, 0) is 4.79 Å². The SMILES string of the molecule is CC1=C(C(=O)C(F)(F)F)C=CCN1c1ccc(C)cc1. The molecule has 0 radical (unpaired) electrons. The molecule has 0 N–H and O–H groups in total. The number of hydrogen-bond donors (Lipinski definition) is 0. The van der Waals surface area contributed by atoms with E-state index >= 15 is 0 Å². The number of anilines is 1. The normalized spacial score (nSPS) is 15.8. The van der Waals surface area contributed by atoms with Crippen molar-refractivity contribution in [3.8, 4) is 0 Å². The molecule has 20 heavy (non-hydrogen) atoms. The highest BCUT2D eigenvalue weighted by atomic mass is 19.4. The molecule has 0 bridgehead atoms. The zero-order chi connectivity index (χ0) is 14.9. The first-order valence-electron chi connectivity index (χ1n) is 6.14. The molecule has 0 amide bonds. The molecular formula is C15H14F3NO. The van der Waals surface area contributed by atoms with Gasteiger partial charge in [-0.3, -0.25) is 4.79 Å². The van der Waals surface area contributed by atoms with Crippen LogP contribution in [0.4, 0.5) is 18.9 Å². The zero-order valence-electron chi connectivity index (χ0n) is 11.2. The number of aryl methyl sites for hydroxylation is 1. The topological polar surface area (TPSA) is 20.3 Å². The summed E-state index contributed by atoms with van der Waals surface area (Å²) in [6, 6.07) is 7.42. The van der Waals surface area contributed by atoms with Gasteiger partial charge in [0.1, 0.15) is 0 Å². The summed E-state index contributed by atoms with van der Waals surface area (Å²) in [4.78, 5) is 13.1. The zero-order valence-corrected chi connectivity index (χ0v) is 11.2. The predicted molar refractivity (Wildman–Crippen MR) is 71.4 cm³/mol. The smallest absolute Gasteiger partial charge is 0.341 e. The van der Waals surface area contributed by atoms with Gasteiger partial charge in [-0.05, 0) is 26.0 Å². The summed E-state index contributed by atoms with van der Waals surface area (Å²) in [6.45, 7) is 3.91. The van der Waals surface area contributed by atoms with Crippen LogP contribution in [0.1, 0.15) is 12.5 Å². The fourth-order valence-electron chi connectivity index (χ4n) is 2.10. The summed E-state index contributed by atoms with van der Waals surface area (Å²) in [7, 11) is 0. The van der Waals surface area contributed by atoms with Crippen LogP contribution in [0.15, 0.2) is 47.7 Å². The van der Waals surface area contributed by atoms with Crippen LogP contribution in [0.5, 0.6) is 0 Å². The Morgan fingerprint density at radius 1 is 1.15 bits per heavy atom. The first-order chi connectivity index (χ1) is 9.30. The third kappa shape index (κ3) is 2.76. The summed E-state index contributed by atoms with van der Waals surface area (Å²) < 4.78 is 37.7.